The molecule has 8 rings (SSSR count). The van der Waals surface area contributed by atoms with Crippen LogP contribution in [0.4, 0.5) is 17.2 Å². The molecule has 5 heterocycles. The highest BCUT2D eigenvalue weighted by Gasteiger charge is 2.44. The number of hydrogen-bond donors (Lipinski definition) is 7. The van der Waals surface area contributed by atoms with Crippen LogP contribution in [0.15, 0.2) is 60.1 Å². The maximum Gasteiger partial charge on any atom is 0.490 e. The van der Waals surface area contributed by atoms with E-state index < -0.39 is 81.5 Å². The van der Waals surface area contributed by atoms with Gasteiger partial charge in [0.15, 0.2) is 23.0 Å². The number of rotatable bonds is 24. The molecule has 2 unspecified atom stereocenters. The summed E-state index contributed by atoms with van der Waals surface area (Å²) >= 11 is 0. The Kier molecular flexibility index (Phi) is 17.4. The van der Waals surface area contributed by atoms with Crippen molar-refractivity contribution in [3.05, 3.63) is 76.9 Å². The van der Waals surface area contributed by atoms with Gasteiger partial charge in [0, 0.05) is 49.6 Å². The first-order valence-electron chi connectivity index (χ1n) is 24.3. The first kappa shape index (κ1) is 57.1. The Labute approximate surface area is 436 Å². The Morgan fingerprint density at radius 1 is 1.00 bits per heavy atom. The lowest BCUT2D eigenvalue weighted by Gasteiger charge is -2.32. The highest BCUT2D eigenvalue weighted by Crippen LogP contribution is 2.66. The maximum absolute atomic E-state index is 13.1. The van der Waals surface area contributed by atoms with Crippen LogP contribution in [0.5, 0.6) is 11.5 Å². The number of unbranched alkanes of at least 4 members (excludes halogenated alkanes) is 2. The van der Waals surface area contributed by atoms with Crippen LogP contribution in [0.2, 0.25) is 0 Å². The highest BCUT2D eigenvalue weighted by molar-refractivity contribution is 7.86. The number of aryl methyl sites for hydroxylation is 1. The molecule has 4 aliphatic rings. The molecule has 412 valence electrons. The number of hydrogen-bond acceptors (Lipinski definition) is 19. The summed E-state index contributed by atoms with van der Waals surface area (Å²) in [5.74, 6) is -0.678. The fourth-order valence-corrected chi connectivity index (χ4v) is 13.4. The topological polar surface area (TPSA) is 373 Å². The second kappa shape index (κ2) is 23.1. The van der Waals surface area contributed by atoms with Gasteiger partial charge in [-0.1, -0.05) is 37.6 Å². The number of nitrogens with zero attached hydrogens (tertiary/aromatic N) is 6. The highest BCUT2D eigenvalue weighted by atomic mass is 32.2. The van der Waals surface area contributed by atoms with Crippen molar-refractivity contribution in [3.8, 4) is 11.5 Å². The van der Waals surface area contributed by atoms with E-state index in [9.17, 15) is 46.0 Å². The average Bonchev–Trinajstić information content (AvgIpc) is 3.98. The first-order chi connectivity index (χ1) is 35.8. The Morgan fingerprint density at radius 3 is 2.54 bits per heavy atom. The zero-order chi connectivity index (χ0) is 54.8. The monoisotopic (exact) mass is 1140 g/mol. The number of anilines is 2. The summed E-state index contributed by atoms with van der Waals surface area (Å²) in [7, 11) is -21.3. The number of fused-ring (bicyclic) bond motifs is 5. The van der Waals surface area contributed by atoms with E-state index in [-0.39, 0.29) is 37.3 Å². The van der Waals surface area contributed by atoms with Gasteiger partial charge in [-0.25, -0.2) is 33.6 Å². The molecule has 3 aliphatic heterocycles. The van der Waals surface area contributed by atoms with Gasteiger partial charge in [-0.15, -0.1) is 0 Å². The number of benzene rings is 2. The molecule has 8 N–H and O–H groups in total. The van der Waals surface area contributed by atoms with Gasteiger partial charge < -0.3 is 49.7 Å². The summed E-state index contributed by atoms with van der Waals surface area (Å²) in [6.07, 6.45) is 9.73. The predicted molar refractivity (Wildman–Crippen MR) is 274 cm³/mol. The largest absolute Gasteiger partial charge is 0.490 e. The fraction of sp³-hybridized carbons (Fsp3) is 0.478. The van der Waals surface area contributed by atoms with Crippen LogP contribution in [0, 0.1) is 5.41 Å². The molecule has 2 aromatic carbocycles. The summed E-state index contributed by atoms with van der Waals surface area (Å²) in [5.41, 5.74) is 10.7. The minimum Gasteiger partial charge on any atom is -0.453 e. The van der Waals surface area contributed by atoms with E-state index in [0.29, 0.717) is 76.7 Å². The molecule has 0 saturated carbocycles. The Morgan fingerprint density at radius 2 is 1.79 bits per heavy atom. The van der Waals surface area contributed by atoms with Gasteiger partial charge in [0.2, 0.25) is 5.78 Å². The van der Waals surface area contributed by atoms with E-state index >= 15 is 0 Å². The number of phosphoric acid groups is 3. The quantitative estimate of drug-likeness (QED) is 0.0140. The molecule has 1 saturated heterocycles. The summed E-state index contributed by atoms with van der Waals surface area (Å²) in [4.78, 5) is 82.8. The molecule has 1 amide bonds. The van der Waals surface area contributed by atoms with Gasteiger partial charge >= 0.3 is 23.5 Å². The van der Waals surface area contributed by atoms with E-state index in [4.69, 9.17) is 39.2 Å². The Hall–Kier alpha value is -5.08. The van der Waals surface area contributed by atoms with Crippen LogP contribution >= 0.6 is 23.5 Å². The number of nitrogens with two attached hydrogens (primary N) is 1. The number of amides is 1. The lowest BCUT2D eigenvalue weighted by atomic mass is 9.74. The van der Waals surface area contributed by atoms with Crippen LogP contribution in [-0.4, -0.2) is 115 Å². The number of nitrogen functional groups attached to an aromatic ring is 1. The SMILES string of the molecule is CCN1CCCc2cc3c(cc21)Oc1cc2c(cc1=N3)C(CS(=O)(=O)O)=CC(C)(C)C=2CCCC(=O)C(=O)NCCCC/C=C/CO[C@H]1C[C@H](n2cnc3c(N)ncnc32)O[C@@H]1COP(=O)(O)OP(=O)(O)OP(=O)(O)O. The lowest BCUT2D eigenvalue weighted by Crippen LogP contribution is -2.32. The zero-order valence-electron chi connectivity index (χ0n) is 41.6. The molecular formula is C46H59N8O18P3S. The third-order valence-electron chi connectivity index (χ3n) is 13.1. The van der Waals surface area contributed by atoms with E-state index in [2.05, 4.69) is 40.7 Å². The molecule has 0 radical (unpaired) electrons. The molecule has 76 heavy (non-hydrogen) atoms. The third-order valence-corrected chi connectivity index (χ3v) is 17.6. The number of Topliss-reactive ketones (excluding diaryl/α,β-unsaturated/α-hetero) is 1. The fourth-order valence-electron chi connectivity index (χ4n) is 9.74. The smallest absolute Gasteiger partial charge is 0.453 e. The average molecular weight is 1140 g/mol. The molecule has 2 aromatic heterocycles. The van der Waals surface area contributed by atoms with Gasteiger partial charge in [0.05, 0.1) is 25.6 Å². The van der Waals surface area contributed by atoms with E-state index in [0.717, 1.165) is 37.2 Å². The van der Waals surface area contributed by atoms with Gasteiger partial charge in [-0.3, -0.25) is 23.2 Å². The van der Waals surface area contributed by atoms with Crippen molar-refractivity contribution in [2.24, 2.45) is 10.4 Å². The molecule has 4 aromatic rings. The van der Waals surface area contributed by atoms with Gasteiger partial charge in [-0.2, -0.15) is 17.0 Å². The van der Waals surface area contributed by atoms with E-state index in [1.54, 1.807) is 12.1 Å². The van der Waals surface area contributed by atoms with Gasteiger partial charge in [0.25, 0.3) is 16.0 Å². The molecular weight excluding hydrogens is 1080 g/mol. The number of imidazole rings is 1. The number of ketones is 1. The standard InChI is InChI=1S/C46H59N8O18P3S/c1-4-53-16-11-12-28-18-33-38(21-35(28)53)69-37-20-31-30(19-34(37)52-33)29(25-76(64,65)66)23-46(2,3)32(31)13-10-14-36(55)45(56)48-15-8-6-5-7-9-17-67-39-22-41(54-27-51-42-43(47)49-26-50-44(42)54)70-40(39)24-68-74(60,61)72-75(62,63)71-73(57,58)59/h7,9,18-21,23,26-27,39-41H,4-6,8,10-17,22,24-25H2,1-3H3,(H,48,56)(H,60,61)(H,62,63)(H2,47,49,50)(H2,57,58,59)(H,64,65,66)/b9-7+/t39-,40+,41+/m0/s1. The van der Waals surface area contributed by atoms with Crippen LogP contribution < -0.4 is 31.3 Å². The second-order valence-electron chi connectivity index (χ2n) is 19.0. The van der Waals surface area contributed by atoms with Crippen molar-refractivity contribution in [2.45, 2.75) is 97.0 Å². The van der Waals surface area contributed by atoms with Gasteiger partial charge in [0.1, 0.15) is 41.0 Å². The number of allylic oxidation sites excluding steroid dienone is 2. The second-order valence-corrected chi connectivity index (χ2v) is 24.9. The number of carbonyl (C=O) groups is 2. The number of phosphoric ester groups is 1. The first-order valence-corrected chi connectivity index (χ1v) is 30.4. The normalized spacial score (nSPS) is 20.6. The molecule has 1 aliphatic carbocycles. The molecule has 0 spiro atoms. The van der Waals surface area contributed by atoms with Crippen LogP contribution in [0.1, 0.15) is 89.5 Å². The zero-order valence-corrected chi connectivity index (χ0v) is 45.1. The van der Waals surface area contributed by atoms with Crippen molar-refractivity contribution < 1.29 is 83.2 Å². The van der Waals surface area contributed by atoms with Crippen LogP contribution in [0.3, 0.4) is 0 Å². The van der Waals surface area contributed by atoms with Gasteiger partial charge in [-0.05, 0) is 92.0 Å². The Bertz CT molecular complexity index is 3370. The van der Waals surface area contributed by atoms with Crippen LogP contribution in [-0.2, 0) is 62.4 Å². The minimum atomic E-state index is -5.76. The van der Waals surface area contributed by atoms with Crippen molar-refractivity contribution in [2.75, 3.05) is 49.2 Å². The van der Waals surface area contributed by atoms with E-state index in [1.807, 2.05) is 44.2 Å². The predicted octanol–water partition coefficient (Wildman–Crippen LogP) is 5.00. The van der Waals surface area contributed by atoms with Crippen molar-refractivity contribution >= 4 is 84.8 Å². The van der Waals surface area contributed by atoms with Crippen molar-refractivity contribution in [1.82, 2.24) is 24.8 Å². The molecule has 1 fully saturated rings. The Balaban J connectivity index is 0.826. The molecule has 0 bridgehead atoms. The minimum absolute atomic E-state index is 0.0291. The molecule has 5 atom stereocenters. The number of nitrogens with one attached hydrogen (secondary N) is 1. The summed E-state index contributed by atoms with van der Waals surface area (Å²) < 4.78 is 102. The van der Waals surface area contributed by atoms with E-state index in [1.165, 1.54) is 22.8 Å². The summed E-state index contributed by atoms with van der Waals surface area (Å²) in [6, 6.07) is 7.71. The number of carbonyl (C=O) groups excluding carboxylic acids is 2. The number of aromatic nitrogens is 4. The molecule has 30 heteroatoms. The number of ether oxygens (including phenoxy) is 3. The lowest BCUT2D eigenvalue weighted by molar-refractivity contribution is -0.137. The summed E-state index contributed by atoms with van der Waals surface area (Å²) in [5, 5.41) is 3.93. The summed E-state index contributed by atoms with van der Waals surface area (Å²) in [6.45, 7) is 7.29. The van der Waals surface area contributed by atoms with Crippen molar-refractivity contribution in [1.29, 1.82) is 0 Å². The maximum atomic E-state index is 13.1. The van der Waals surface area contributed by atoms with Crippen molar-refractivity contribution in [3.63, 3.8) is 0 Å². The van der Waals surface area contributed by atoms with Crippen LogP contribution in [0.25, 0.3) is 22.3 Å². The third kappa shape index (κ3) is 14.1. The molecule has 26 nitrogen and oxygen atoms in total.